The Hall–Kier alpha value is -1.33. The largest absolute Gasteiger partial charge is 0.389 e. The quantitative estimate of drug-likeness (QED) is 0.755. The number of ketones is 2. The molecule has 1 heterocycles. The maximum atomic E-state index is 15.3. The van der Waals surface area contributed by atoms with Crippen molar-refractivity contribution in [1.29, 1.82) is 0 Å². The predicted octanol–water partition coefficient (Wildman–Crippen LogP) is 2.80. The Balaban J connectivity index is 1.60. The number of alkyl halides is 1. The lowest BCUT2D eigenvalue weighted by Gasteiger charge is -2.55. The molecule has 4 aliphatic carbocycles. The number of allylic oxidation sites excluding steroid dienone is 2. The predicted molar refractivity (Wildman–Crippen MR) is 96.5 cm³/mol. The van der Waals surface area contributed by atoms with Crippen LogP contribution in [0.15, 0.2) is 23.8 Å². The van der Waals surface area contributed by atoms with Gasteiger partial charge >= 0.3 is 0 Å². The molecule has 1 unspecified atom stereocenters. The monoisotopic (exact) mass is 374 g/mol. The van der Waals surface area contributed by atoms with E-state index in [9.17, 15) is 14.7 Å². The van der Waals surface area contributed by atoms with Crippen molar-refractivity contribution in [1.82, 2.24) is 0 Å². The van der Waals surface area contributed by atoms with Crippen LogP contribution in [0.3, 0.4) is 0 Å². The molecule has 146 valence electrons. The first-order chi connectivity index (χ1) is 12.7. The van der Waals surface area contributed by atoms with Gasteiger partial charge in [-0.05, 0) is 67.1 Å². The molecule has 5 aliphatic rings. The molecular formula is C22H27FO4. The van der Waals surface area contributed by atoms with Crippen molar-refractivity contribution in [2.75, 3.05) is 6.61 Å². The summed E-state index contributed by atoms with van der Waals surface area (Å²) >= 11 is 0. The number of epoxide rings is 1. The van der Waals surface area contributed by atoms with Gasteiger partial charge in [-0.1, -0.05) is 19.9 Å². The highest BCUT2D eigenvalue weighted by atomic mass is 19.1. The van der Waals surface area contributed by atoms with E-state index in [1.807, 2.05) is 13.0 Å². The maximum Gasteiger partial charge on any atom is 0.178 e. The second kappa shape index (κ2) is 5.18. The molecule has 4 fully saturated rings. The lowest BCUT2D eigenvalue weighted by molar-refractivity contribution is -0.132. The van der Waals surface area contributed by atoms with Crippen LogP contribution in [-0.4, -0.2) is 41.2 Å². The van der Waals surface area contributed by atoms with E-state index >= 15 is 4.39 Å². The maximum absolute atomic E-state index is 15.3. The average Bonchev–Trinajstić information content (AvgIpc) is 3.26. The Morgan fingerprint density at radius 3 is 2.78 bits per heavy atom. The fraction of sp³-hybridized carbons (Fsp3) is 0.727. The summed E-state index contributed by atoms with van der Waals surface area (Å²) < 4.78 is 21.7. The summed E-state index contributed by atoms with van der Waals surface area (Å²) in [6.45, 7) is 5.81. The van der Waals surface area contributed by atoms with Gasteiger partial charge in [-0.25, -0.2) is 4.39 Å². The van der Waals surface area contributed by atoms with Gasteiger partial charge in [0, 0.05) is 11.3 Å². The number of carbonyl (C=O) groups is 2. The number of aliphatic hydroxyl groups is 1. The fourth-order valence-corrected chi connectivity index (χ4v) is 7.79. The molecule has 5 rings (SSSR count). The smallest absolute Gasteiger partial charge is 0.178 e. The highest BCUT2D eigenvalue weighted by Crippen LogP contribution is 2.76. The van der Waals surface area contributed by atoms with Crippen LogP contribution in [0.1, 0.15) is 40.0 Å². The number of halogens is 1. The van der Waals surface area contributed by atoms with Crippen molar-refractivity contribution in [2.24, 2.45) is 34.5 Å². The van der Waals surface area contributed by atoms with Crippen molar-refractivity contribution in [2.45, 2.75) is 57.9 Å². The molecule has 0 radical (unpaired) electrons. The topological polar surface area (TPSA) is 66.9 Å². The van der Waals surface area contributed by atoms with E-state index in [2.05, 4.69) is 13.8 Å². The van der Waals surface area contributed by atoms with Crippen molar-refractivity contribution >= 4 is 11.6 Å². The zero-order valence-electron chi connectivity index (χ0n) is 16.1. The molecule has 1 N–H and O–H groups in total. The van der Waals surface area contributed by atoms with Gasteiger partial charge in [-0.3, -0.25) is 9.59 Å². The molecule has 1 saturated heterocycles. The summed E-state index contributed by atoms with van der Waals surface area (Å²) in [7, 11) is 0. The Bertz CT molecular complexity index is 802. The third-order valence-corrected chi connectivity index (χ3v) is 8.76. The van der Waals surface area contributed by atoms with Gasteiger partial charge in [0.15, 0.2) is 11.6 Å². The molecule has 0 aromatic carbocycles. The van der Waals surface area contributed by atoms with Crippen molar-refractivity contribution < 1.29 is 23.8 Å². The van der Waals surface area contributed by atoms with E-state index in [0.29, 0.717) is 12.0 Å². The summed E-state index contributed by atoms with van der Waals surface area (Å²) in [6, 6.07) is 0. The van der Waals surface area contributed by atoms with Crippen LogP contribution in [0.4, 0.5) is 4.39 Å². The van der Waals surface area contributed by atoms with Crippen LogP contribution in [0.2, 0.25) is 0 Å². The number of fused-ring (bicyclic) bond motifs is 3. The van der Waals surface area contributed by atoms with Gasteiger partial charge in [0.2, 0.25) is 0 Å². The Labute approximate surface area is 158 Å². The SMILES string of the molecule is C[C@@H]1C[C@H]2C3C[C@H](F)C4=CC(=O)C=C[C@]4(C)[C@@]34O[C@H]4C[C@]2(C)[C@H]1C(=O)CO. The van der Waals surface area contributed by atoms with E-state index in [1.54, 1.807) is 6.08 Å². The first-order valence-electron chi connectivity index (χ1n) is 10.1. The molecular weight excluding hydrogens is 347 g/mol. The number of hydrogen-bond acceptors (Lipinski definition) is 4. The van der Waals surface area contributed by atoms with E-state index in [1.165, 1.54) is 6.08 Å². The number of Topliss-reactive ketones (excluding diaryl/α,β-unsaturated/α-hetero) is 1. The van der Waals surface area contributed by atoms with Gasteiger partial charge in [0.05, 0.1) is 6.10 Å². The molecule has 0 bridgehead atoms. The molecule has 0 aromatic heterocycles. The zero-order valence-corrected chi connectivity index (χ0v) is 16.1. The Morgan fingerprint density at radius 2 is 2.07 bits per heavy atom. The molecule has 5 heteroatoms. The van der Waals surface area contributed by atoms with Crippen molar-refractivity contribution in [3.63, 3.8) is 0 Å². The summed E-state index contributed by atoms with van der Waals surface area (Å²) in [4.78, 5) is 24.4. The summed E-state index contributed by atoms with van der Waals surface area (Å²) in [5.41, 5.74) is -0.761. The van der Waals surface area contributed by atoms with E-state index in [0.717, 1.165) is 12.8 Å². The number of rotatable bonds is 2. The zero-order chi connectivity index (χ0) is 19.4. The highest BCUT2D eigenvalue weighted by Gasteiger charge is 2.80. The van der Waals surface area contributed by atoms with Crippen LogP contribution < -0.4 is 0 Å². The molecule has 1 aliphatic heterocycles. The van der Waals surface area contributed by atoms with Gasteiger partial charge < -0.3 is 9.84 Å². The van der Waals surface area contributed by atoms with Gasteiger partial charge in [0.25, 0.3) is 0 Å². The number of carbonyl (C=O) groups excluding carboxylic acids is 2. The molecule has 0 aromatic rings. The molecule has 3 saturated carbocycles. The average molecular weight is 374 g/mol. The second-order valence-corrected chi connectivity index (χ2v) is 9.88. The minimum Gasteiger partial charge on any atom is -0.389 e. The molecule has 1 spiro atoms. The normalized spacial score (nSPS) is 55.1. The van der Waals surface area contributed by atoms with E-state index in [4.69, 9.17) is 4.74 Å². The molecule has 4 nitrogen and oxygen atoms in total. The third-order valence-electron chi connectivity index (χ3n) is 8.76. The molecule has 27 heavy (non-hydrogen) atoms. The van der Waals surface area contributed by atoms with Gasteiger partial charge in [0.1, 0.15) is 18.4 Å². The Morgan fingerprint density at radius 1 is 1.33 bits per heavy atom. The number of aliphatic hydroxyl groups excluding tert-OH is 1. The van der Waals surface area contributed by atoms with Crippen LogP contribution in [0.5, 0.6) is 0 Å². The third kappa shape index (κ3) is 1.90. The molecule has 9 atom stereocenters. The summed E-state index contributed by atoms with van der Waals surface area (Å²) in [5, 5.41) is 9.50. The highest BCUT2D eigenvalue weighted by molar-refractivity contribution is 6.01. The van der Waals surface area contributed by atoms with Crippen LogP contribution in [0, 0.1) is 34.5 Å². The molecule has 0 amide bonds. The number of hydrogen-bond donors (Lipinski definition) is 1. The lowest BCUT2D eigenvalue weighted by atomic mass is 9.47. The summed E-state index contributed by atoms with van der Waals surface area (Å²) in [5.74, 6) is -0.0461. The van der Waals surface area contributed by atoms with Crippen LogP contribution >= 0.6 is 0 Å². The fourth-order valence-electron chi connectivity index (χ4n) is 7.79. The first-order valence-corrected chi connectivity index (χ1v) is 10.1. The van der Waals surface area contributed by atoms with Crippen molar-refractivity contribution in [3.05, 3.63) is 23.8 Å². The van der Waals surface area contributed by atoms with Gasteiger partial charge in [-0.2, -0.15) is 0 Å². The van der Waals surface area contributed by atoms with Crippen LogP contribution in [-0.2, 0) is 14.3 Å². The second-order valence-electron chi connectivity index (χ2n) is 9.88. The minimum atomic E-state index is -1.16. The van der Waals surface area contributed by atoms with Crippen molar-refractivity contribution in [3.8, 4) is 0 Å². The lowest BCUT2D eigenvalue weighted by Crippen LogP contribution is -2.59. The van der Waals surface area contributed by atoms with E-state index in [-0.39, 0.29) is 46.8 Å². The standard InChI is InChI=1S/C22H27FO4/c1-11-6-13-14-8-16(23)15-7-12(25)4-5-21(15,3)22(14)18(27-22)9-20(13,2)19(11)17(26)10-24/h4-5,7,11,13-14,16,18-19,24H,6,8-10H2,1-3H3/t11-,13+,14?,16+,18+,19-,20+,21+,22-/m1/s1. The Kier molecular flexibility index (Phi) is 3.40. The summed E-state index contributed by atoms with van der Waals surface area (Å²) in [6.07, 6.45) is 5.67. The van der Waals surface area contributed by atoms with E-state index < -0.39 is 23.8 Å². The number of ether oxygens (including phenoxy) is 1. The minimum absolute atomic E-state index is 0.0233. The van der Waals surface area contributed by atoms with Crippen LogP contribution in [0.25, 0.3) is 0 Å². The first kappa shape index (κ1) is 17.7. The van der Waals surface area contributed by atoms with Gasteiger partial charge in [-0.15, -0.1) is 0 Å².